The van der Waals surface area contributed by atoms with Gasteiger partial charge in [-0.3, -0.25) is 4.57 Å². The molecule has 1 aromatic heterocycles. The molecule has 0 fully saturated rings. The largest absolute Gasteiger partial charge is 0.368 e. The Morgan fingerprint density at radius 3 is 2.75 bits per heavy atom. The average Bonchev–Trinajstić information content (AvgIpc) is 2.36. The third kappa shape index (κ3) is 1.87. The Balaban J connectivity index is 2.46. The van der Waals surface area contributed by atoms with Crippen molar-refractivity contribution in [2.45, 2.75) is 19.8 Å². The van der Waals surface area contributed by atoms with Gasteiger partial charge in [0.2, 0.25) is 11.9 Å². The molecule has 68 valence electrons. The summed E-state index contributed by atoms with van der Waals surface area (Å²) in [4.78, 5) is 0. The Kier molecular flexibility index (Phi) is 2.90. The highest BCUT2D eigenvalue weighted by Gasteiger charge is 2.02. The number of nitrogens with one attached hydrogen (secondary N) is 1. The summed E-state index contributed by atoms with van der Waals surface area (Å²) in [6.45, 7) is 3.06. The van der Waals surface area contributed by atoms with Gasteiger partial charge in [-0.15, -0.1) is 10.2 Å². The van der Waals surface area contributed by atoms with E-state index in [1.807, 2.05) is 7.05 Å². The minimum Gasteiger partial charge on any atom is -0.368 e. The van der Waals surface area contributed by atoms with Gasteiger partial charge >= 0.3 is 0 Å². The van der Waals surface area contributed by atoms with Crippen molar-refractivity contribution < 1.29 is 0 Å². The third-order valence-electron chi connectivity index (χ3n) is 1.72. The molecule has 12 heavy (non-hydrogen) atoms. The lowest BCUT2D eigenvalue weighted by Crippen LogP contribution is -2.07. The van der Waals surface area contributed by atoms with Crippen LogP contribution in [0.5, 0.6) is 0 Å². The SMILES string of the molecule is CCCCNc1nnc(N)n1C. The normalized spacial score (nSPS) is 10.2. The lowest BCUT2D eigenvalue weighted by Gasteiger charge is -2.03. The number of rotatable bonds is 4. The number of nitrogens with two attached hydrogens (primary N) is 1. The first-order chi connectivity index (χ1) is 5.75. The van der Waals surface area contributed by atoms with Crippen LogP contribution < -0.4 is 11.1 Å². The Morgan fingerprint density at radius 2 is 2.25 bits per heavy atom. The van der Waals surface area contributed by atoms with Gasteiger partial charge in [0.25, 0.3) is 0 Å². The van der Waals surface area contributed by atoms with Gasteiger partial charge in [-0.25, -0.2) is 0 Å². The molecule has 0 bridgehead atoms. The number of nitrogens with zero attached hydrogens (tertiary/aromatic N) is 3. The molecule has 0 amide bonds. The highest BCUT2D eigenvalue weighted by atomic mass is 15.4. The van der Waals surface area contributed by atoms with E-state index in [1.165, 1.54) is 6.42 Å². The highest BCUT2D eigenvalue weighted by molar-refractivity contribution is 5.32. The van der Waals surface area contributed by atoms with E-state index >= 15 is 0 Å². The van der Waals surface area contributed by atoms with E-state index in [4.69, 9.17) is 5.73 Å². The molecule has 0 aliphatic heterocycles. The molecular weight excluding hydrogens is 154 g/mol. The fourth-order valence-electron chi connectivity index (χ4n) is 0.872. The van der Waals surface area contributed by atoms with E-state index in [9.17, 15) is 0 Å². The number of hydrogen-bond acceptors (Lipinski definition) is 4. The second-order valence-electron chi connectivity index (χ2n) is 2.72. The second-order valence-corrected chi connectivity index (χ2v) is 2.72. The van der Waals surface area contributed by atoms with E-state index < -0.39 is 0 Å². The summed E-state index contributed by atoms with van der Waals surface area (Å²) in [5.41, 5.74) is 5.49. The van der Waals surface area contributed by atoms with Crippen LogP contribution in [0.3, 0.4) is 0 Å². The van der Waals surface area contributed by atoms with Crippen LogP contribution in [0.15, 0.2) is 0 Å². The number of hydrogen-bond donors (Lipinski definition) is 2. The molecule has 3 N–H and O–H groups in total. The van der Waals surface area contributed by atoms with E-state index in [2.05, 4.69) is 22.4 Å². The molecule has 0 atom stereocenters. The smallest absolute Gasteiger partial charge is 0.225 e. The van der Waals surface area contributed by atoms with Crippen LogP contribution in [-0.2, 0) is 7.05 Å². The second kappa shape index (κ2) is 3.94. The summed E-state index contributed by atoms with van der Waals surface area (Å²) in [5.74, 6) is 1.18. The van der Waals surface area contributed by atoms with Crippen molar-refractivity contribution >= 4 is 11.9 Å². The monoisotopic (exact) mass is 169 g/mol. The van der Waals surface area contributed by atoms with Crippen LogP contribution in [0.1, 0.15) is 19.8 Å². The van der Waals surface area contributed by atoms with Crippen LogP contribution in [-0.4, -0.2) is 21.3 Å². The predicted molar refractivity (Wildman–Crippen MR) is 48.8 cm³/mol. The topological polar surface area (TPSA) is 68.8 Å². The zero-order valence-electron chi connectivity index (χ0n) is 7.54. The maximum absolute atomic E-state index is 5.49. The summed E-state index contributed by atoms with van der Waals surface area (Å²) in [5, 5.41) is 10.7. The summed E-state index contributed by atoms with van der Waals surface area (Å²) >= 11 is 0. The van der Waals surface area contributed by atoms with Crippen molar-refractivity contribution in [3.8, 4) is 0 Å². The Morgan fingerprint density at radius 1 is 1.50 bits per heavy atom. The Hall–Kier alpha value is -1.26. The van der Waals surface area contributed by atoms with Crippen molar-refractivity contribution in [2.24, 2.45) is 7.05 Å². The van der Waals surface area contributed by atoms with Crippen LogP contribution in [0.25, 0.3) is 0 Å². The van der Waals surface area contributed by atoms with E-state index in [0.29, 0.717) is 5.95 Å². The summed E-state index contributed by atoms with van der Waals surface area (Å²) in [7, 11) is 1.84. The number of nitrogen functional groups attached to an aromatic ring is 1. The quantitative estimate of drug-likeness (QED) is 0.648. The zero-order chi connectivity index (χ0) is 8.97. The molecule has 0 spiro atoms. The summed E-state index contributed by atoms with van der Waals surface area (Å²) in [6.07, 6.45) is 2.30. The minimum atomic E-state index is 0.439. The van der Waals surface area contributed by atoms with Crippen molar-refractivity contribution in [1.82, 2.24) is 14.8 Å². The number of anilines is 2. The Bertz CT molecular complexity index is 242. The molecule has 0 saturated heterocycles. The molecule has 5 nitrogen and oxygen atoms in total. The first kappa shape index (κ1) is 8.83. The summed E-state index contributed by atoms with van der Waals surface area (Å²) in [6, 6.07) is 0. The van der Waals surface area contributed by atoms with Crippen LogP contribution in [0.2, 0.25) is 0 Å². The predicted octanol–water partition coefficient (Wildman–Crippen LogP) is 0.609. The van der Waals surface area contributed by atoms with E-state index in [0.717, 1.165) is 18.9 Å². The van der Waals surface area contributed by atoms with Crippen molar-refractivity contribution in [3.63, 3.8) is 0 Å². The zero-order valence-corrected chi connectivity index (χ0v) is 7.54. The minimum absolute atomic E-state index is 0.439. The van der Waals surface area contributed by atoms with Crippen LogP contribution in [0, 0.1) is 0 Å². The van der Waals surface area contributed by atoms with Gasteiger partial charge < -0.3 is 11.1 Å². The van der Waals surface area contributed by atoms with Gasteiger partial charge in [0.15, 0.2) is 0 Å². The standard InChI is InChI=1S/C7H15N5/c1-3-4-5-9-7-11-10-6(8)12(7)2/h3-5H2,1-2H3,(H2,8,10)(H,9,11). The molecule has 0 aliphatic rings. The molecule has 0 unspecified atom stereocenters. The van der Waals surface area contributed by atoms with Crippen molar-refractivity contribution in [3.05, 3.63) is 0 Å². The molecule has 0 radical (unpaired) electrons. The van der Waals surface area contributed by atoms with Gasteiger partial charge in [0, 0.05) is 13.6 Å². The average molecular weight is 169 g/mol. The number of unbranched alkanes of at least 4 members (excludes halogenated alkanes) is 1. The molecule has 0 saturated carbocycles. The first-order valence-corrected chi connectivity index (χ1v) is 4.14. The molecule has 0 aromatic carbocycles. The van der Waals surface area contributed by atoms with Crippen LogP contribution in [0.4, 0.5) is 11.9 Å². The summed E-state index contributed by atoms with van der Waals surface area (Å²) < 4.78 is 1.73. The van der Waals surface area contributed by atoms with Crippen LogP contribution >= 0.6 is 0 Å². The Labute approximate surface area is 72.0 Å². The maximum atomic E-state index is 5.49. The first-order valence-electron chi connectivity index (χ1n) is 4.14. The van der Waals surface area contributed by atoms with Gasteiger partial charge in [-0.1, -0.05) is 13.3 Å². The highest BCUT2D eigenvalue weighted by Crippen LogP contribution is 2.05. The lowest BCUT2D eigenvalue weighted by atomic mass is 10.3. The van der Waals surface area contributed by atoms with Gasteiger partial charge in [-0.05, 0) is 6.42 Å². The van der Waals surface area contributed by atoms with Gasteiger partial charge in [0.05, 0.1) is 0 Å². The van der Waals surface area contributed by atoms with Crippen molar-refractivity contribution in [2.75, 3.05) is 17.6 Å². The number of aromatic nitrogens is 3. The fourth-order valence-corrected chi connectivity index (χ4v) is 0.872. The molecular formula is C7H15N5. The maximum Gasteiger partial charge on any atom is 0.225 e. The lowest BCUT2D eigenvalue weighted by molar-refractivity contribution is 0.813. The molecule has 5 heteroatoms. The third-order valence-corrected chi connectivity index (χ3v) is 1.72. The van der Waals surface area contributed by atoms with E-state index in [-0.39, 0.29) is 0 Å². The van der Waals surface area contributed by atoms with Crippen molar-refractivity contribution in [1.29, 1.82) is 0 Å². The molecule has 1 heterocycles. The van der Waals surface area contributed by atoms with E-state index in [1.54, 1.807) is 4.57 Å². The van der Waals surface area contributed by atoms with Gasteiger partial charge in [0.1, 0.15) is 0 Å². The molecule has 0 aliphatic carbocycles. The molecule has 1 rings (SSSR count). The molecule has 1 aromatic rings. The fraction of sp³-hybridized carbons (Fsp3) is 0.714. The van der Waals surface area contributed by atoms with Gasteiger partial charge in [-0.2, -0.15) is 0 Å².